The summed E-state index contributed by atoms with van der Waals surface area (Å²) in [7, 11) is -4.44. The minimum Gasteiger partial charge on any atom is -0.480 e. The van der Waals surface area contributed by atoms with Crippen LogP contribution < -0.4 is 26.6 Å². The molecule has 8 N–H and O–H groups in total. The number of ether oxygens (including phenoxy) is 2. The number of rotatable bonds is 25. The van der Waals surface area contributed by atoms with Gasteiger partial charge in [-0.3, -0.25) is 28.5 Å². The Balaban J connectivity index is 4.15. The molecule has 0 aromatic rings. The van der Waals surface area contributed by atoms with Crippen LogP contribution in [0.25, 0.3) is 0 Å². The monoisotopic (exact) mass is 669 g/mol. The van der Waals surface area contributed by atoms with E-state index in [-0.39, 0.29) is 64.5 Å². The van der Waals surface area contributed by atoms with Crippen molar-refractivity contribution in [2.75, 3.05) is 51.8 Å². The number of carbonyl (C=O) groups excluding carboxylic acids is 5. The van der Waals surface area contributed by atoms with E-state index in [0.29, 0.717) is 6.54 Å². The predicted molar refractivity (Wildman–Crippen MR) is 154 cm³/mol. The maximum absolute atomic E-state index is 12.0. The van der Waals surface area contributed by atoms with Gasteiger partial charge in [0.25, 0.3) is 10.1 Å². The molecule has 19 nitrogen and oxygen atoms in total. The molecule has 0 saturated carbocycles. The normalized spacial score (nSPS) is 13.0. The summed E-state index contributed by atoms with van der Waals surface area (Å²) in [5.74, 6) is -8.01. The van der Waals surface area contributed by atoms with Crippen LogP contribution in [0.2, 0.25) is 0 Å². The lowest BCUT2D eigenvalue weighted by atomic mass is 10.1. The van der Waals surface area contributed by atoms with E-state index in [2.05, 4.69) is 26.6 Å². The molecule has 0 radical (unpaired) electrons. The zero-order valence-corrected chi connectivity index (χ0v) is 26.0. The third-order valence-electron chi connectivity index (χ3n) is 5.67. The first-order valence-electron chi connectivity index (χ1n) is 14.0. The second-order valence-electron chi connectivity index (χ2n) is 9.73. The zero-order chi connectivity index (χ0) is 34.4. The molecule has 3 atom stereocenters. The first kappa shape index (κ1) is 41.1. The highest BCUT2D eigenvalue weighted by molar-refractivity contribution is 7.85. The van der Waals surface area contributed by atoms with Crippen molar-refractivity contribution in [1.29, 1.82) is 0 Å². The van der Waals surface area contributed by atoms with Crippen molar-refractivity contribution in [3.8, 4) is 0 Å². The van der Waals surface area contributed by atoms with Gasteiger partial charge in [-0.25, -0.2) is 9.59 Å². The van der Waals surface area contributed by atoms with E-state index >= 15 is 0 Å². The highest BCUT2D eigenvalue weighted by atomic mass is 32.2. The Morgan fingerprint density at radius 2 is 1.24 bits per heavy atom. The largest absolute Gasteiger partial charge is 0.480 e. The van der Waals surface area contributed by atoms with Crippen LogP contribution in [-0.4, -0.2) is 129 Å². The standard InChI is InChI=1S/C25H43N5O14S/c1-3-8-26-21(33)13-28-20(32)7-4-17(24(36)37)29-22(34)14-44-12-11-43-10-9-27-19(31)6-5-18(25(38)39)30-23(35)16(2)15-45(40,41)42/h16-18H,3-15H2,1-2H3,(H,26,33)(H,27,31)(H,28,32)(H,29,34)(H,30,35)(H,36,37)(H,38,39)(H,40,41,42). The lowest BCUT2D eigenvalue weighted by Gasteiger charge is -2.17. The van der Waals surface area contributed by atoms with Crippen LogP contribution in [0.4, 0.5) is 0 Å². The van der Waals surface area contributed by atoms with E-state index in [1.807, 2.05) is 6.92 Å². The third kappa shape index (κ3) is 22.3. The lowest BCUT2D eigenvalue weighted by molar-refractivity contribution is -0.143. The number of carboxylic acid groups (broad SMARTS) is 2. The maximum Gasteiger partial charge on any atom is 0.326 e. The quantitative estimate of drug-likeness (QED) is 0.0355. The molecule has 5 amide bonds. The molecule has 0 saturated heterocycles. The summed E-state index contributed by atoms with van der Waals surface area (Å²) in [6.45, 7) is 2.86. The molecular formula is C25H43N5O14S. The van der Waals surface area contributed by atoms with E-state index in [4.69, 9.17) is 14.0 Å². The third-order valence-corrected chi connectivity index (χ3v) is 6.59. The van der Waals surface area contributed by atoms with Gasteiger partial charge in [0.05, 0.1) is 38.0 Å². The van der Waals surface area contributed by atoms with Crippen molar-refractivity contribution in [3.05, 3.63) is 0 Å². The Hall–Kier alpha value is -3.88. The Morgan fingerprint density at radius 3 is 1.80 bits per heavy atom. The smallest absolute Gasteiger partial charge is 0.326 e. The molecule has 0 heterocycles. The van der Waals surface area contributed by atoms with Gasteiger partial charge in [-0.1, -0.05) is 13.8 Å². The zero-order valence-electron chi connectivity index (χ0n) is 25.2. The van der Waals surface area contributed by atoms with Gasteiger partial charge in [0.2, 0.25) is 29.5 Å². The summed E-state index contributed by atoms with van der Waals surface area (Å²) in [4.78, 5) is 82.0. The molecule has 0 spiro atoms. The van der Waals surface area contributed by atoms with Crippen LogP contribution in [0.3, 0.4) is 0 Å². The van der Waals surface area contributed by atoms with Crippen LogP contribution in [-0.2, 0) is 53.2 Å². The van der Waals surface area contributed by atoms with Crippen LogP contribution in [0.1, 0.15) is 46.0 Å². The molecule has 45 heavy (non-hydrogen) atoms. The minimum absolute atomic E-state index is 0.0202. The number of nitrogens with one attached hydrogen (secondary N) is 5. The SMILES string of the molecule is CCCNC(=O)CNC(=O)CCC(NC(=O)COCCOCCNC(=O)CCC(NC(=O)C(C)CS(=O)(=O)O)C(=O)O)C(=O)O. The van der Waals surface area contributed by atoms with Crippen molar-refractivity contribution in [1.82, 2.24) is 26.6 Å². The molecule has 0 aliphatic carbocycles. The Kier molecular flexibility index (Phi) is 20.7. The van der Waals surface area contributed by atoms with Gasteiger partial charge in [-0.2, -0.15) is 8.42 Å². The van der Waals surface area contributed by atoms with Crippen LogP contribution >= 0.6 is 0 Å². The summed E-state index contributed by atoms with van der Waals surface area (Å²) in [5, 5.41) is 30.3. The second kappa shape index (κ2) is 22.6. The highest BCUT2D eigenvalue weighted by Crippen LogP contribution is 2.04. The number of hydrogen-bond acceptors (Lipinski definition) is 11. The topological polar surface area (TPSA) is 293 Å². The van der Waals surface area contributed by atoms with Gasteiger partial charge >= 0.3 is 11.9 Å². The van der Waals surface area contributed by atoms with Crippen LogP contribution in [0, 0.1) is 5.92 Å². The van der Waals surface area contributed by atoms with Crippen molar-refractivity contribution in [2.24, 2.45) is 5.92 Å². The van der Waals surface area contributed by atoms with E-state index in [1.54, 1.807) is 0 Å². The van der Waals surface area contributed by atoms with E-state index in [9.17, 15) is 52.2 Å². The Labute approximate surface area is 260 Å². The van der Waals surface area contributed by atoms with E-state index in [1.165, 1.54) is 6.92 Å². The number of carbonyl (C=O) groups is 7. The van der Waals surface area contributed by atoms with Crippen LogP contribution in [0.5, 0.6) is 0 Å². The fraction of sp³-hybridized carbons (Fsp3) is 0.720. The minimum atomic E-state index is -4.44. The van der Waals surface area contributed by atoms with Crippen molar-refractivity contribution >= 4 is 51.6 Å². The first-order valence-corrected chi connectivity index (χ1v) is 15.6. The van der Waals surface area contributed by atoms with E-state index < -0.39 is 76.0 Å². The average molecular weight is 670 g/mol. The predicted octanol–water partition coefficient (Wildman–Crippen LogP) is -3.00. The van der Waals surface area contributed by atoms with Crippen molar-refractivity contribution in [2.45, 2.75) is 58.0 Å². The number of hydrogen-bond donors (Lipinski definition) is 8. The van der Waals surface area contributed by atoms with Crippen LogP contribution in [0.15, 0.2) is 0 Å². The van der Waals surface area contributed by atoms with Gasteiger partial charge in [0.1, 0.15) is 18.7 Å². The average Bonchev–Trinajstić information content (AvgIpc) is 2.94. The van der Waals surface area contributed by atoms with Gasteiger partial charge < -0.3 is 46.3 Å². The molecular weight excluding hydrogens is 626 g/mol. The molecule has 20 heteroatoms. The highest BCUT2D eigenvalue weighted by Gasteiger charge is 2.26. The first-order chi connectivity index (χ1) is 21.0. The Morgan fingerprint density at radius 1 is 0.711 bits per heavy atom. The van der Waals surface area contributed by atoms with Crippen molar-refractivity contribution < 1.29 is 66.2 Å². The van der Waals surface area contributed by atoms with Gasteiger partial charge in [0.15, 0.2) is 0 Å². The number of aliphatic carboxylic acids is 2. The van der Waals surface area contributed by atoms with E-state index in [0.717, 1.165) is 6.42 Å². The number of amides is 5. The molecule has 0 aliphatic heterocycles. The lowest BCUT2D eigenvalue weighted by Crippen LogP contribution is -2.45. The molecule has 0 aromatic carbocycles. The molecule has 0 aliphatic rings. The fourth-order valence-electron chi connectivity index (χ4n) is 3.34. The summed E-state index contributed by atoms with van der Waals surface area (Å²) in [6, 6.07) is -2.81. The van der Waals surface area contributed by atoms with Gasteiger partial charge in [0, 0.05) is 25.9 Å². The molecule has 0 rings (SSSR count). The maximum atomic E-state index is 12.0. The van der Waals surface area contributed by atoms with Crippen molar-refractivity contribution in [3.63, 3.8) is 0 Å². The number of carboxylic acids is 2. The Bertz CT molecular complexity index is 1120. The summed E-state index contributed by atoms with van der Waals surface area (Å²) < 4.78 is 40.9. The summed E-state index contributed by atoms with van der Waals surface area (Å²) in [5.41, 5.74) is 0. The molecule has 0 aromatic heterocycles. The summed E-state index contributed by atoms with van der Waals surface area (Å²) >= 11 is 0. The second-order valence-corrected chi connectivity index (χ2v) is 11.2. The fourth-order valence-corrected chi connectivity index (χ4v) is 4.12. The molecule has 0 fully saturated rings. The van der Waals surface area contributed by atoms with Gasteiger partial charge in [-0.15, -0.1) is 0 Å². The van der Waals surface area contributed by atoms with Gasteiger partial charge in [-0.05, 0) is 19.3 Å². The molecule has 0 bridgehead atoms. The molecule has 3 unspecified atom stereocenters. The molecule has 258 valence electrons. The summed E-state index contributed by atoms with van der Waals surface area (Å²) in [6.07, 6.45) is -0.271.